The highest BCUT2D eigenvalue weighted by atomic mass is 32.2. The Labute approximate surface area is 122 Å². The van der Waals surface area contributed by atoms with Gasteiger partial charge < -0.3 is 10.6 Å². The van der Waals surface area contributed by atoms with E-state index in [0.717, 1.165) is 4.31 Å². The molecule has 1 aliphatic rings. The lowest BCUT2D eigenvalue weighted by molar-refractivity contribution is -0.180. The number of piperidine rings is 1. The fraction of sp³-hybridized carbons (Fsp3) is 0.909. The van der Waals surface area contributed by atoms with Crippen LogP contribution in [0.1, 0.15) is 12.8 Å². The van der Waals surface area contributed by atoms with Gasteiger partial charge in [-0.25, -0.2) is 12.7 Å². The summed E-state index contributed by atoms with van der Waals surface area (Å²) in [7, 11) is -0.631. The fourth-order valence-corrected chi connectivity index (χ4v) is 2.69. The molecule has 10 heteroatoms. The molecule has 21 heavy (non-hydrogen) atoms. The van der Waals surface area contributed by atoms with Crippen molar-refractivity contribution >= 4 is 15.9 Å². The molecule has 2 N–H and O–H groups in total. The van der Waals surface area contributed by atoms with Crippen LogP contribution in [0.25, 0.3) is 0 Å². The van der Waals surface area contributed by atoms with E-state index in [1.165, 1.54) is 14.1 Å². The minimum Gasteiger partial charge on any atom is -0.354 e. The van der Waals surface area contributed by atoms with Crippen molar-refractivity contribution in [2.24, 2.45) is 5.92 Å². The molecule has 0 aromatic rings. The van der Waals surface area contributed by atoms with Crippen LogP contribution in [0, 0.1) is 5.92 Å². The molecule has 0 aromatic carbocycles. The van der Waals surface area contributed by atoms with Gasteiger partial charge in [-0.1, -0.05) is 0 Å². The molecule has 1 aliphatic heterocycles. The average molecular weight is 331 g/mol. The van der Waals surface area contributed by atoms with Gasteiger partial charge >= 0.3 is 6.18 Å². The molecule has 6 nitrogen and oxygen atoms in total. The molecule has 1 saturated heterocycles. The number of nitrogens with one attached hydrogen (secondary N) is 2. The van der Waals surface area contributed by atoms with Gasteiger partial charge in [0, 0.05) is 27.2 Å². The van der Waals surface area contributed by atoms with Gasteiger partial charge in [0.2, 0.25) is 15.9 Å². The summed E-state index contributed by atoms with van der Waals surface area (Å²) >= 11 is 0. The van der Waals surface area contributed by atoms with E-state index >= 15 is 0 Å². The third kappa shape index (κ3) is 5.44. The van der Waals surface area contributed by atoms with Gasteiger partial charge in [-0.05, 0) is 12.8 Å². The molecular formula is C11H20F3N3O3S. The lowest BCUT2D eigenvalue weighted by Gasteiger charge is -2.30. The highest BCUT2D eigenvalue weighted by molar-refractivity contribution is 7.89. The average Bonchev–Trinajstić information content (AvgIpc) is 2.37. The Bertz CT molecular complexity index is 457. The number of amides is 1. The number of nitrogens with zero attached hydrogens (tertiary/aromatic N) is 1. The van der Waals surface area contributed by atoms with Crippen LogP contribution in [0.2, 0.25) is 0 Å². The Balaban J connectivity index is 2.35. The van der Waals surface area contributed by atoms with E-state index in [2.05, 4.69) is 10.6 Å². The number of carbonyl (C=O) groups is 1. The van der Waals surface area contributed by atoms with Gasteiger partial charge in [-0.3, -0.25) is 4.79 Å². The molecule has 2 unspecified atom stereocenters. The SMILES string of the molecule is CN(C)S(=O)(=O)CCNC(=O)C1CCC(C(F)(F)F)CN1. The van der Waals surface area contributed by atoms with Gasteiger partial charge in [0.1, 0.15) is 0 Å². The van der Waals surface area contributed by atoms with Gasteiger partial charge in [0.25, 0.3) is 0 Å². The second kappa shape index (κ2) is 6.93. The van der Waals surface area contributed by atoms with Crippen LogP contribution in [0.15, 0.2) is 0 Å². The van der Waals surface area contributed by atoms with Crippen molar-refractivity contribution in [2.45, 2.75) is 25.1 Å². The van der Waals surface area contributed by atoms with Crippen molar-refractivity contribution in [2.75, 3.05) is 32.9 Å². The lowest BCUT2D eigenvalue weighted by atomic mass is 9.94. The molecule has 1 fully saturated rings. The minimum atomic E-state index is -4.26. The Morgan fingerprint density at radius 1 is 1.33 bits per heavy atom. The maximum Gasteiger partial charge on any atom is 0.393 e. The van der Waals surface area contributed by atoms with E-state index in [1.54, 1.807) is 0 Å². The monoisotopic (exact) mass is 331 g/mol. The predicted molar refractivity (Wildman–Crippen MR) is 71.1 cm³/mol. The highest BCUT2D eigenvalue weighted by Gasteiger charge is 2.42. The molecular weight excluding hydrogens is 311 g/mol. The van der Waals surface area contributed by atoms with Crippen molar-refractivity contribution in [3.05, 3.63) is 0 Å². The maximum atomic E-state index is 12.5. The van der Waals surface area contributed by atoms with Gasteiger partial charge in [0.05, 0.1) is 17.7 Å². The Morgan fingerprint density at radius 3 is 2.38 bits per heavy atom. The maximum absolute atomic E-state index is 12.5. The zero-order valence-electron chi connectivity index (χ0n) is 11.9. The first kappa shape index (κ1) is 18.2. The van der Waals surface area contributed by atoms with E-state index < -0.39 is 34.1 Å². The first-order valence-corrected chi connectivity index (χ1v) is 8.13. The van der Waals surface area contributed by atoms with Crippen LogP contribution < -0.4 is 10.6 Å². The number of sulfonamides is 1. The summed E-state index contributed by atoms with van der Waals surface area (Å²) in [6.45, 7) is -0.363. The third-order valence-corrected chi connectivity index (χ3v) is 5.24. The van der Waals surface area contributed by atoms with Crippen LogP contribution in [0.3, 0.4) is 0 Å². The Kier molecular flexibility index (Phi) is 6.00. The molecule has 0 aromatic heterocycles. The standard InChI is InChI=1S/C11H20F3N3O3S/c1-17(2)21(19,20)6-5-15-10(18)9-4-3-8(7-16-9)11(12,13)14/h8-9,16H,3-7H2,1-2H3,(H,15,18). The third-order valence-electron chi connectivity index (χ3n) is 3.41. The van der Waals surface area contributed by atoms with E-state index in [4.69, 9.17) is 0 Å². The Morgan fingerprint density at radius 2 is 1.95 bits per heavy atom. The van der Waals surface area contributed by atoms with Gasteiger partial charge in [0.15, 0.2) is 0 Å². The van der Waals surface area contributed by atoms with Crippen molar-refractivity contribution in [3.63, 3.8) is 0 Å². The van der Waals surface area contributed by atoms with Crippen LogP contribution in [-0.4, -0.2) is 63.8 Å². The Hall–Kier alpha value is -0.870. The molecule has 0 spiro atoms. The molecule has 124 valence electrons. The van der Waals surface area contributed by atoms with E-state index in [9.17, 15) is 26.4 Å². The molecule has 1 rings (SSSR count). The van der Waals surface area contributed by atoms with Crippen molar-refractivity contribution in [3.8, 4) is 0 Å². The van der Waals surface area contributed by atoms with Crippen LogP contribution in [-0.2, 0) is 14.8 Å². The van der Waals surface area contributed by atoms with Crippen LogP contribution in [0.4, 0.5) is 13.2 Å². The number of hydrogen-bond acceptors (Lipinski definition) is 4. The smallest absolute Gasteiger partial charge is 0.354 e. The summed E-state index contributed by atoms with van der Waals surface area (Å²) < 4.78 is 61.4. The summed E-state index contributed by atoms with van der Waals surface area (Å²) in [6.07, 6.45) is -4.28. The molecule has 0 aliphatic carbocycles. The van der Waals surface area contributed by atoms with Crippen molar-refractivity contribution in [1.82, 2.24) is 14.9 Å². The van der Waals surface area contributed by atoms with E-state index in [0.29, 0.717) is 0 Å². The number of hydrogen-bond donors (Lipinski definition) is 2. The second-order valence-corrected chi connectivity index (χ2v) is 7.47. The van der Waals surface area contributed by atoms with Gasteiger partial charge in [-0.2, -0.15) is 13.2 Å². The molecule has 1 amide bonds. The van der Waals surface area contributed by atoms with Crippen molar-refractivity contribution in [1.29, 1.82) is 0 Å². The zero-order valence-corrected chi connectivity index (χ0v) is 12.7. The summed E-state index contributed by atoms with van der Waals surface area (Å²) in [5.74, 6) is -2.15. The normalized spacial score (nSPS) is 24.1. The summed E-state index contributed by atoms with van der Waals surface area (Å²) in [4.78, 5) is 11.7. The molecule has 0 saturated carbocycles. The molecule has 1 heterocycles. The first-order chi connectivity index (χ1) is 9.54. The first-order valence-electron chi connectivity index (χ1n) is 6.52. The summed E-state index contributed by atoms with van der Waals surface area (Å²) in [6, 6.07) is -0.703. The van der Waals surface area contributed by atoms with Gasteiger partial charge in [-0.15, -0.1) is 0 Å². The van der Waals surface area contributed by atoms with E-state index in [-0.39, 0.29) is 31.7 Å². The molecule has 0 radical (unpaired) electrons. The highest BCUT2D eigenvalue weighted by Crippen LogP contribution is 2.31. The number of rotatable bonds is 5. The van der Waals surface area contributed by atoms with Crippen LogP contribution >= 0.6 is 0 Å². The largest absolute Gasteiger partial charge is 0.393 e. The predicted octanol–water partition coefficient (Wildman–Crippen LogP) is -0.0755. The molecule has 0 bridgehead atoms. The topological polar surface area (TPSA) is 78.5 Å². The van der Waals surface area contributed by atoms with Crippen molar-refractivity contribution < 1.29 is 26.4 Å². The number of halogens is 3. The van der Waals surface area contributed by atoms with E-state index in [1.807, 2.05) is 0 Å². The number of carbonyl (C=O) groups excluding carboxylic acids is 1. The zero-order chi connectivity index (χ0) is 16.3. The number of alkyl halides is 3. The fourth-order valence-electron chi connectivity index (χ4n) is 1.97. The summed E-state index contributed by atoms with van der Waals surface area (Å²) in [5, 5.41) is 4.98. The quantitative estimate of drug-likeness (QED) is 0.739. The minimum absolute atomic E-state index is 0.0692. The summed E-state index contributed by atoms with van der Waals surface area (Å²) in [5.41, 5.74) is 0. The second-order valence-electron chi connectivity index (χ2n) is 5.17. The lowest BCUT2D eigenvalue weighted by Crippen LogP contribution is -2.52. The molecule has 2 atom stereocenters. The van der Waals surface area contributed by atoms with Crippen LogP contribution in [0.5, 0.6) is 0 Å².